The van der Waals surface area contributed by atoms with Crippen LogP contribution in [0.15, 0.2) is 35.5 Å². The number of thioether (sulfide) groups is 2. The Hall–Kier alpha value is -0.780. The summed E-state index contributed by atoms with van der Waals surface area (Å²) in [5.74, 6) is 1.74. The van der Waals surface area contributed by atoms with Crippen molar-refractivity contribution >= 4 is 45.1 Å². The second-order valence-electron chi connectivity index (χ2n) is 4.90. The molecule has 0 aromatic carbocycles. The first kappa shape index (κ1) is 15.1. The van der Waals surface area contributed by atoms with Gasteiger partial charge in [-0.2, -0.15) is 0 Å². The number of rotatable bonds is 6. The van der Waals surface area contributed by atoms with Gasteiger partial charge < -0.3 is 0 Å². The van der Waals surface area contributed by atoms with Gasteiger partial charge in [-0.3, -0.25) is 0 Å². The lowest BCUT2D eigenvalue weighted by atomic mass is 9.97. The average Bonchev–Trinajstić information content (AvgIpc) is 2.89. The van der Waals surface area contributed by atoms with Crippen LogP contribution in [0, 0.1) is 0 Å². The van der Waals surface area contributed by atoms with Crippen LogP contribution in [0.5, 0.6) is 0 Å². The topological polar surface area (TPSA) is 25.8 Å². The van der Waals surface area contributed by atoms with Crippen LogP contribution < -0.4 is 0 Å². The minimum Gasteiger partial charge on any atom is -0.215 e. The number of nitrogens with zero attached hydrogens (tertiary/aromatic N) is 2. The van der Waals surface area contributed by atoms with Crippen LogP contribution in [0.3, 0.4) is 0 Å². The molecule has 3 rings (SSSR count). The molecule has 0 N–H and O–H groups in total. The van der Waals surface area contributed by atoms with E-state index in [9.17, 15) is 0 Å². The molecule has 0 aliphatic heterocycles. The summed E-state index contributed by atoms with van der Waals surface area (Å²) in [6.07, 6.45) is 8.82. The van der Waals surface area contributed by atoms with Gasteiger partial charge in [0.1, 0.15) is 9.86 Å². The predicted molar refractivity (Wildman–Crippen MR) is 95.9 cm³/mol. The Morgan fingerprint density at radius 1 is 1.05 bits per heavy atom. The zero-order valence-corrected chi connectivity index (χ0v) is 14.4. The normalized spacial score (nSPS) is 14.1. The number of thiophene rings is 1. The molecule has 0 amide bonds. The highest BCUT2D eigenvalue weighted by atomic mass is 32.2. The van der Waals surface area contributed by atoms with Crippen LogP contribution in [0.4, 0.5) is 0 Å². The molecule has 0 atom stereocenters. The van der Waals surface area contributed by atoms with Gasteiger partial charge >= 0.3 is 0 Å². The van der Waals surface area contributed by atoms with Gasteiger partial charge in [-0.15, -0.1) is 36.3 Å². The average molecular weight is 335 g/mol. The molecule has 2 aromatic heterocycles. The Balaban J connectivity index is 2.09. The molecule has 0 radical (unpaired) electrons. The molecule has 2 aromatic rings. The molecule has 0 fully saturated rings. The van der Waals surface area contributed by atoms with Crippen molar-refractivity contribution in [3.05, 3.63) is 35.8 Å². The molecule has 0 saturated heterocycles. The molecule has 1 aliphatic carbocycles. The summed E-state index contributed by atoms with van der Waals surface area (Å²) in [5.41, 5.74) is 1.51. The largest absolute Gasteiger partial charge is 0.215 e. The van der Waals surface area contributed by atoms with Crippen LogP contribution in [0.1, 0.15) is 23.3 Å². The Morgan fingerprint density at radius 3 is 2.62 bits per heavy atom. The predicted octanol–water partition coefficient (Wildman–Crippen LogP) is 5.13. The van der Waals surface area contributed by atoms with Crippen LogP contribution in [0.2, 0.25) is 0 Å². The van der Waals surface area contributed by atoms with E-state index in [2.05, 4.69) is 13.2 Å². The molecule has 1 aliphatic rings. The van der Waals surface area contributed by atoms with Gasteiger partial charge in [0.2, 0.25) is 0 Å². The van der Waals surface area contributed by atoms with Crippen LogP contribution in [0.25, 0.3) is 10.2 Å². The fourth-order valence-corrected chi connectivity index (χ4v) is 5.36. The van der Waals surface area contributed by atoms with Crippen molar-refractivity contribution in [2.24, 2.45) is 0 Å². The quantitative estimate of drug-likeness (QED) is 0.317. The van der Waals surface area contributed by atoms with Gasteiger partial charge in [0.05, 0.1) is 0 Å². The Labute approximate surface area is 138 Å². The summed E-state index contributed by atoms with van der Waals surface area (Å²) < 4.78 is 0. The third kappa shape index (κ3) is 3.20. The molecule has 0 spiro atoms. The molecule has 5 heteroatoms. The summed E-state index contributed by atoms with van der Waals surface area (Å²) in [6, 6.07) is 0. The highest BCUT2D eigenvalue weighted by Gasteiger charge is 2.21. The van der Waals surface area contributed by atoms with E-state index < -0.39 is 0 Å². The van der Waals surface area contributed by atoms with E-state index in [1.807, 2.05) is 23.5 Å². The first-order valence-electron chi connectivity index (χ1n) is 7.13. The summed E-state index contributed by atoms with van der Waals surface area (Å²) >= 11 is 5.29. The minimum atomic E-state index is 0.849. The number of hydrogen-bond acceptors (Lipinski definition) is 5. The van der Waals surface area contributed by atoms with Crippen molar-refractivity contribution in [3.8, 4) is 0 Å². The van der Waals surface area contributed by atoms with E-state index in [-0.39, 0.29) is 0 Å². The third-order valence-electron chi connectivity index (χ3n) is 3.43. The molecule has 0 saturated carbocycles. The van der Waals surface area contributed by atoms with E-state index in [0.29, 0.717) is 0 Å². The molecule has 110 valence electrons. The second kappa shape index (κ2) is 6.99. The fourth-order valence-electron chi connectivity index (χ4n) is 2.55. The smallest absolute Gasteiger partial charge is 0.190 e. The second-order valence-corrected chi connectivity index (χ2v) is 7.98. The standard InChI is InChI=1S/C16H18N2S3/c1-3-9-19-14-13-11-7-5-6-8-12(11)21-15(13)18-16(17-14)20-10-4-2/h3-4H,1-2,5-10H2. The maximum Gasteiger partial charge on any atom is 0.190 e. The SMILES string of the molecule is C=CCSc1nc(SCC=C)c2c3c(sc2n1)CCCC3. The van der Waals surface area contributed by atoms with Crippen molar-refractivity contribution in [2.45, 2.75) is 35.9 Å². The third-order valence-corrected chi connectivity index (χ3v) is 6.43. The van der Waals surface area contributed by atoms with Crippen molar-refractivity contribution in [2.75, 3.05) is 11.5 Å². The van der Waals surface area contributed by atoms with Gasteiger partial charge in [-0.25, -0.2) is 9.97 Å². The van der Waals surface area contributed by atoms with E-state index in [0.717, 1.165) is 26.5 Å². The van der Waals surface area contributed by atoms with E-state index in [1.54, 1.807) is 23.5 Å². The Kier molecular flexibility index (Phi) is 5.03. The maximum atomic E-state index is 4.78. The number of aryl methyl sites for hydroxylation is 2. The Bertz CT molecular complexity index is 676. The number of hydrogen-bond donors (Lipinski definition) is 0. The van der Waals surface area contributed by atoms with Gasteiger partial charge in [-0.05, 0) is 31.2 Å². The zero-order valence-electron chi connectivity index (χ0n) is 11.9. The molecule has 2 heterocycles. The van der Waals surface area contributed by atoms with E-state index in [4.69, 9.17) is 9.97 Å². The van der Waals surface area contributed by atoms with Crippen molar-refractivity contribution in [1.29, 1.82) is 0 Å². The zero-order chi connectivity index (χ0) is 14.7. The van der Waals surface area contributed by atoms with Crippen molar-refractivity contribution < 1.29 is 0 Å². The first-order valence-corrected chi connectivity index (χ1v) is 9.92. The van der Waals surface area contributed by atoms with Gasteiger partial charge in [0, 0.05) is 21.8 Å². The number of aromatic nitrogens is 2. The van der Waals surface area contributed by atoms with Crippen molar-refractivity contribution in [3.63, 3.8) is 0 Å². The van der Waals surface area contributed by atoms with E-state index in [1.165, 1.54) is 41.5 Å². The highest BCUT2D eigenvalue weighted by molar-refractivity contribution is 8.00. The lowest BCUT2D eigenvalue weighted by molar-refractivity contribution is 0.699. The summed E-state index contributed by atoms with van der Waals surface area (Å²) in [4.78, 5) is 12.2. The number of fused-ring (bicyclic) bond motifs is 3. The minimum absolute atomic E-state index is 0.849. The fraction of sp³-hybridized carbons (Fsp3) is 0.375. The molecular formula is C16H18N2S3. The molecular weight excluding hydrogens is 316 g/mol. The molecule has 0 unspecified atom stereocenters. The highest BCUT2D eigenvalue weighted by Crippen LogP contribution is 2.40. The molecule has 21 heavy (non-hydrogen) atoms. The van der Waals surface area contributed by atoms with Crippen LogP contribution in [-0.2, 0) is 12.8 Å². The summed E-state index contributed by atoms with van der Waals surface area (Å²) in [7, 11) is 0. The monoisotopic (exact) mass is 334 g/mol. The lowest BCUT2D eigenvalue weighted by Crippen LogP contribution is -1.99. The summed E-state index contributed by atoms with van der Waals surface area (Å²) in [6.45, 7) is 7.59. The van der Waals surface area contributed by atoms with Crippen LogP contribution >= 0.6 is 34.9 Å². The first-order chi connectivity index (χ1) is 10.3. The maximum absolute atomic E-state index is 4.78. The molecule has 2 nitrogen and oxygen atoms in total. The van der Waals surface area contributed by atoms with Crippen LogP contribution in [-0.4, -0.2) is 21.5 Å². The van der Waals surface area contributed by atoms with Gasteiger partial charge in [0.15, 0.2) is 5.16 Å². The van der Waals surface area contributed by atoms with Gasteiger partial charge in [-0.1, -0.05) is 23.9 Å². The molecule has 0 bridgehead atoms. The lowest BCUT2D eigenvalue weighted by Gasteiger charge is -2.11. The van der Waals surface area contributed by atoms with Crippen molar-refractivity contribution in [1.82, 2.24) is 9.97 Å². The summed E-state index contributed by atoms with van der Waals surface area (Å²) in [5, 5.41) is 3.31. The van der Waals surface area contributed by atoms with Gasteiger partial charge in [0.25, 0.3) is 0 Å². The Morgan fingerprint density at radius 2 is 1.81 bits per heavy atom. The van der Waals surface area contributed by atoms with E-state index >= 15 is 0 Å².